The predicted octanol–water partition coefficient (Wildman–Crippen LogP) is 1.29. The summed E-state index contributed by atoms with van der Waals surface area (Å²) in [4.78, 5) is 24.7. The molecule has 0 aliphatic carbocycles. The molecular formula is C14H17N3O2. The minimum Gasteiger partial charge on any atom is -0.368 e. The van der Waals surface area contributed by atoms with Crippen LogP contribution in [0.1, 0.15) is 35.7 Å². The summed E-state index contributed by atoms with van der Waals surface area (Å²) in [6.07, 6.45) is 1.74. The molecule has 5 heteroatoms. The van der Waals surface area contributed by atoms with Crippen molar-refractivity contribution < 1.29 is 9.59 Å². The fourth-order valence-electron chi connectivity index (χ4n) is 1.66. The Labute approximate surface area is 112 Å². The van der Waals surface area contributed by atoms with Crippen molar-refractivity contribution in [2.75, 3.05) is 13.1 Å². The number of rotatable bonds is 6. The third-order valence-electron chi connectivity index (χ3n) is 2.68. The molecule has 0 fully saturated rings. The van der Waals surface area contributed by atoms with Gasteiger partial charge in [0.1, 0.15) is 0 Å². The second-order valence-corrected chi connectivity index (χ2v) is 4.24. The Kier molecular flexibility index (Phi) is 5.55. The van der Waals surface area contributed by atoms with Crippen molar-refractivity contribution in [3.05, 3.63) is 35.4 Å². The number of primary amides is 1. The molecule has 0 aliphatic heterocycles. The number of hydrogen-bond donors (Lipinski definition) is 1. The Morgan fingerprint density at radius 2 is 1.95 bits per heavy atom. The van der Waals surface area contributed by atoms with E-state index in [-0.39, 0.29) is 12.5 Å². The van der Waals surface area contributed by atoms with Gasteiger partial charge in [0.2, 0.25) is 5.91 Å². The predicted molar refractivity (Wildman–Crippen MR) is 71.2 cm³/mol. The smallest absolute Gasteiger partial charge is 0.254 e. The van der Waals surface area contributed by atoms with Gasteiger partial charge in [-0.2, -0.15) is 5.26 Å². The number of unbranched alkanes of at least 4 members (excludes halogenated alkanes) is 1. The van der Waals surface area contributed by atoms with Crippen LogP contribution in [0, 0.1) is 11.3 Å². The highest BCUT2D eigenvalue weighted by Crippen LogP contribution is 2.08. The van der Waals surface area contributed by atoms with E-state index in [4.69, 9.17) is 11.0 Å². The molecule has 0 aromatic heterocycles. The highest BCUT2D eigenvalue weighted by molar-refractivity contribution is 5.96. The van der Waals surface area contributed by atoms with Gasteiger partial charge in [0.15, 0.2) is 0 Å². The normalized spacial score (nSPS) is 9.68. The van der Waals surface area contributed by atoms with Crippen LogP contribution in [0.3, 0.4) is 0 Å². The first-order chi connectivity index (χ1) is 9.08. The van der Waals surface area contributed by atoms with E-state index in [1.165, 1.54) is 4.90 Å². The van der Waals surface area contributed by atoms with Crippen molar-refractivity contribution in [3.63, 3.8) is 0 Å². The monoisotopic (exact) mass is 259 g/mol. The third-order valence-corrected chi connectivity index (χ3v) is 2.68. The van der Waals surface area contributed by atoms with E-state index in [1.54, 1.807) is 24.3 Å². The molecule has 0 unspecified atom stereocenters. The van der Waals surface area contributed by atoms with E-state index in [0.717, 1.165) is 12.8 Å². The lowest BCUT2D eigenvalue weighted by molar-refractivity contribution is -0.118. The number of amides is 2. The van der Waals surface area contributed by atoms with Crippen LogP contribution in [0.15, 0.2) is 24.3 Å². The van der Waals surface area contributed by atoms with Gasteiger partial charge in [0, 0.05) is 12.1 Å². The summed E-state index contributed by atoms with van der Waals surface area (Å²) >= 11 is 0. The summed E-state index contributed by atoms with van der Waals surface area (Å²) in [6, 6.07) is 8.32. The second kappa shape index (κ2) is 7.17. The lowest BCUT2D eigenvalue weighted by Gasteiger charge is -2.21. The summed E-state index contributed by atoms with van der Waals surface area (Å²) in [6.45, 7) is 2.42. The number of nitrogens with two attached hydrogens (primary N) is 1. The fourth-order valence-corrected chi connectivity index (χ4v) is 1.66. The maximum Gasteiger partial charge on any atom is 0.254 e. The van der Waals surface area contributed by atoms with Gasteiger partial charge in [-0.3, -0.25) is 9.59 Å². The zero-order valence-electron chi connectivity index (χ0n) is 10.9. The molecule has 0 atom stereocenters. The van der Waals surface area contributed by atoms with Crippen LogP contribution >= 0.6 is 0 Å². The first-order valence-electron chi connectivity index (χ1n) is 6.16. The molecule has 5 nitrogen and oxygen atoms in total. The van der Waals surface area contributed by atoms with E-state index in [2.05, 4.69) is 0 Å². The van der Waals surface area contributed by atoms with Crippen molar-refractivity contribution in [2.24, 2.45) is 5.73 Å². The molecule has 0 saturated heterocycles. The number of hydrogen-bond acceptors (Lipinski definition) is 3. The molecule has 1 rings (SSSR count). The number of nitriles is 1. The average Bonchev–Trinajstić information content (AvgIpc) is 2.42. The van der Waals surface area contributed by atoms with Crippen LogP contribution < -0.4 is 5.73 Å². The van der Waals surface area contributed by atoms with Crippen molar-refractivity contribution in [3.8, 4) is 6.07 Å². The maximum absolute atomic E-state index is 12.2. The SMILES string of the molecule is CCCCN(CC(N)=O)C(=O)c1ccc(C#N)cc1. The number of carbonyl (C=O) groups excluding carboxylic acids is 2. The van der Waals surface area contributed by atoms with Crippen molar-refractivity contribution in [1.82, 2.24) is 4.90 Å². The van der Waals surface area contributed by atoms with Crippen LogP contribution in [0.2, 0.25) is 0 Å². The molecule has 0 spiro atoms. The molecule has 1 aromatic carbocycles. The maximum atomic E-state index is 12.2. The number of nitrogens with zero attached hydrogens (tertiary/aromatic N) is 2. The molecule has 2 N–H and O–H groups in total. The minimum absolute atomic E-state index is 0.0845. The molecule has 0 aliphatic rings. The van der Waals surface area contributed by atoms with E-state index >= 15 is 0 Å². The lowest BCUT2D eigenvalue weighted by atomic mass is 10.1. The molecule has 0 bridgehead atoms. The molecule has 100 valence electrons. The molecule has 1 aromatic rings. The Morgan fingerprint density at radius 3 is 2.42 bits per heavy atom. The number of carbonyl (C=O) groups is 2. The average molecular weight is 259 g/mol. The van der Waals surface area contributed by atoms with Gasteiger partial charge in [-0.05, 0) is 30.7 Å². The van der Waals surface area contributed by atoms with Gasteiger partial charge in [-0.15, -0.1) is 0 Å². The van der Waals surface area contributed by atoms with Gasteiger partial charge in [0.05, 0.1) is 18.2 Å². The van der Waals surface area contributed by atoms with Crippen LogP contribution in [-0.4, -0.2) is 29.8 Å². The Hall–Kier alpha value is -2.35. The van der Waals surface area contributed by atoms with Crippen LogP contribution in [0.25, 0.3) is 0 Å². The molecular weight excluding hydrogens is 242 g/mol. The second-order valence-electron chi connectivity index (χ2n) is 4.24. The fraction of sp³-hybridized carbons (Fsp3) is 0.357. The summed E-state index contributed by atoms with van der Waals surface area (Å²) in [5.41, 5.74) is 6.10. The molecule has 2 amide bonds. The summed E-state index contributed by atoms with van der Waals surface area (Å²) in [7, 11) is 0. The van der Waals surface area contributed by atoms with E-state index < -0.39 is 5.91 Å². The largest absolute Gasteiger partial charge is 0.368 e. The van der Waals surface area contributed by atoms with Gasteiger partial charge in [0.25, 0.3) is 5.91 Å². The Bertz CT molecular complexity index is 488. The standard InChI is InChI=1S/C14H17N3O2/c1-2-3-8-17(10-13(16)18)14(19)12-6-4-11(9-15)5-7-12/h4-7H,2-3,8,10H2,1H3,(H2,16,18). The van der Waals surface area contributed by atoms with Crippen molar-refractivity contribution >= 4 is 11.8 Å². The van der Waals surface area contributed by atoms with Crippen LogP contribution in [-0.2, 0) is 4.79 Å². The van der Waals surface area contributed by atoms with Gasteiger partial charge in [-0.25, -0.2) is 0 Å². The van der Waals surface area contributed by atoms with Crippen LogP contribution in [0.5, 0.6) is 0 Å². The minimum atomic E-state index is -0.530. The topological polar surface area (TPSA) is 87.2 Å². The molecule has 0 saturated carbocycles. The zero-order chi connectivity index (χ0) is 14.3. The van der Waals surface area contributed by atoms with Crippen LogP contribution in [0.4, 0.5) is 0 Å². The molecule has 0 radical (unpaired) electrons. The van der Waals surface area contributed by atoms with Crippen molar-refractivity contribution in [2.45, 2.75) is 19.8 Å². The van der Waals surface area contributed by atoms with Crippen molar-refractivity contribution in [1.29, 1.82) is 5.26 Å². The van der Waals surface area contributed by atoms with Gasteiger partial charge >= 0.3 is 0 Å². The highest BCUT2D eigenvalue weighted by Gasteiger charge is 2.17. The Morgan fingerprint density at radius 1 is 1.32 bits per heavy atom. The first-order valence-corrected chi connectivity index (χ1v) is 6.16. The number of benzene rings is 1. The third kappa shape index (κ3) is 4.43. The van der Waals surface area contributed by atoms with Gasteiger partial charge in [-0.1, -0.05) is 13.3 Å². The lowest BCUT2D eigenvalue weighted by Crippen LogP contribution is -2.39. The van der Waals surface area contributed by atoms with Gasteiger partial charge < -0.3 is 10.6 Å². The summed E-state index contributed by atoms with van der Waals surface area (Å²) < 4.78 is 0. The van der Waals surface area contributed by atoms with E-state index in [1.807, 2.05) is 13.0 Å². The highest BCUT2D eigenvalue weighted by atomic mass is 16.2. The summed E-state index contributed by atoms with van der Waals surface area (Å²) in [5.74, 6) is -0.769. The zero-order valence-corrected chi connectivity index (χ0v) is 10.9. The van der Waals surface area contributed by atoms with E-state index in [9.17, 15) is 9.59 Å². The summed E-state index contributed by atoms with van der Waals surface area (Å²) in [5, 5.41) is 8.70. The van der Waals surface area contributed by atoms with E-state index in [0.29, 0.717) is 17.7 Å². The first kappa shape index (κ1) is 14.7. The quantitative estimate of drug-likeness (QED) is 0.834. The molecule has 19 heavy (non-hydrogen) atoms. The Balaban J connectivity index is 2.84. The molecule has 0 heterocycles.